The number of aromatic hydroxyl groups is 1. The van der Waals surface area contributed by atoms with Crippen LogP contribution >= 0.6 is 0 Å². The molecule has 1 fully saturated rings. The predicted molar refractivity (Wildman–Crippen MR) is 74.6 cm³/mol. The van der Waals surface area contributed by atoms with Gasteiger partial charge in [-0.25, -0.2) is 0 Å². The van der Waals surface area contributed by atoms with Gasteiger partial charge in [0.2, 0.25) is 5.91 Å². The van der Waals surface area contributed by atoms with Crippen LogP contribution in [0.15, 0.2) is 18.2 Å². The number of carboxylic acids is 1. The third kappa shape index (κ3) is 3.10. The molecule has 0 bridgehead atoms. The van der Waals surface area contributed by atoms with Crippen LogP contribution in [0.25, 0.3) is 0 Å². The van der Waals surface area contributed by atoms with Crippen molar-refractivity contribution in [3.63, 3.8) is 0 Å². The second kappa shape index (κ2) is 5.94. The van der Waals surface area contributed by atoms with Gasteiger partial charge >= 0.3 is 5.97 Å². The predicted octanol–water partition coefficient (Wildman–Crippen LogP) is 2.53. The summed E-state index contributed by atoms with van der Waals surface area (Å²) in [7, 11) is 0. The summed E-state index contributed by atoms with van der Waals surface area (Å²) < 4.78 is 0. The van der Waals surface area contributed by atoms with Gasteiger partial charge in [0.05, 0.1) is 11.8 Å². The molecular formula is C15H19NO4. The lowest BCUT2D eigenvalue weighted by atomic mass is 9.78. The van der Waals surface area contributed by atoms with Gasteiger partial charge in [0.1, 0.15) is 5.75 Å². The number of carboxylic acid groups (broad SMARTS) is 1. The average Bonchev–Trinajstić information content (AvgIpc) is 2.43. The molecule has 2 atom stereocenters. The van der Waals surface area contributed by atoms with E-state index in [4.69, 9.17) is 0 Å². The first-order valence-corrected chi connectivity index (χ1v) is 6.82. The third-order valence-corrected chi connectivity index (χ3v) is 3.90. The molecule has 1 aromatic rings. The Bertz CT molecular complexity index is 527. The molecule has 1 aromatic carbocycles. The maximum atomic E-state index is 12.2. The Hall–Kier alpha value is -2.04. The van der Waals surface area contributed by atoms with Gasteiger partial charge in [-0.05, 0) is 31.4 Å². The Balaban J connectivity index is 2.09. The SMILES string of the molecule is Cc1ccc(NC(=O)C2CCCCC2C(=O)O)cc1O. The number of phenolic OH excluding ortho intramolecular Hbond substituents is 1. The summed E-state index contributed by atoms with van der Waals surface area (Å²) in [4.78, 5) is 23.4. The van der Waals surface area contributed by atoms with Gasteiger partial charge in [-0.15, -0.1) is 0 Å². The topological polar surface area (TPSA) is 86.6 Å². The normalized spacial score (nSPS) is 22.2. The Morgan fingerprint density at radius 3 is 2.45 bits per heavy atom. The van der Waals surface area contributed by atoms with Crippen LogP contribution in [0.3, 0.4) is 0 Å². The average molecular weight is 277 g/mol. The van der Waals surface area contributed by atoms with E-state index >= 15 is 0 Å². The first kappa shape index (κ1) is 14.4. The van der Waals surface area contributed by atoms with Crippen molar-refractivity contribution < 1.29 is 19.8 Å². The third-order valence-electron chi connectivity index (χ3n) is 3.90. The molecule has 1 aliphatic rings. The number of anilines is 1. The van der Waals surface area contributed by atoms with E-state index in [-0.39, 0.29) is 11.7 Å². The molecule has 20 heavy (non-hydrogen) atoms. The van der Waals surface area contributed by atoms with E-state index in [2.05, 4.69) is 5.32 Å². The van der Waals surface area contributed by atoms with Gasteiger partial charge in [0.25, 0.3) is 0 Å². The fourth-order valence-electron chi connectivity index (χ4n) is 2.66. The summed E-state index contributed by atoms with van der Waals surface area (Å²) in [6.07, 6.45) is 2.88. The van der Waals surface area contributed by atoms with Gasteiger partial charge in [-0.2, -0.15) is 0 Å². The largest absolute Gasteiger partial charge is 0.508 e. The van der Waals surface area contributed by atoms with E-state index in [1.807, 2.05) is 0 Å². The molecule has 5 nitrogen and oxygen atoms in total. The van der Waals surface area contributed by atoms with Crippen molar-refractivity contribution >= 4 is 17.6 Å². The van der Waals surface area contributed by atoms with E-state index in [9.17, 15) is 19.8 Å². The van der Waals surface area contributed by atoms with Crippen LogP contribution in [0.5, 0.6) is 5.75 Å². The molecule has 0 aromatic heterocycles. The molecule has 1 saturated carbocycles. The Morgan fingerprint density at radius 2 is 1.85 bits per heavy atom. The summed E-state index contributed by atoms with van der Waals surface area (Å²) in [5.41, 5.74) is 1.22. The first-order chi connectivity index (χ1) is 9.49. The molecular weight excluding hydrogens is 258 g/mol. The van der Waals surface area contributed by atoms with Crippen molar-refractivity contribution in [1.82, 2.24) is 0 Å². The molecule has 5 heteroatoms. The van der Waals surface area contributed by atoms with Gasteiger partial charge in [0, 0.05) is 11.8 Å². The summed E-state index contributed by atoms with van der Waals surface area (Å²) in [5.74, 6) is -2.18. The lowest BCUT2D eigenvalue weighted by Crippen LogP contribution is -2.36. The van der Waals surface area contributed by atoms with Gasteiger partial charge < -0.3 is 15.5 Å². The van der Waals surface area contributed by atoms with E-state index in [1.54, 1.807) is 19.1 Å². The molecule has 0 aliphatic heterocycles. The van der Waals surface area contributed by atoms with Crippen LogP contribution in [0, 0.1) is 18.8 Å². The highest BCUT2D eigenvalue weighted by atomic mass is 16.4. The number of carbonyl (C=O) groups excluding carboxylic acids is 1. The minimum absolute atomic E-state index is 0.112. The Kier molecular flexibility index (Phi) is 4.27. The second-order valence-corrected chi connectivity index (χ2v) is 5.33. The minimum Gasteiger partial charge on any atom is -0.508 e. The number of carbonyl (C=O) groups is 2. The quantitative estimate of drug-likeness (QED) is 0.792. The summed E-state index contributed by atoms with van der Waals surface area (Å²) in [6.45, 7) is 1.77. The molecule has 1 aliphatic carbocycles. The number of benzene rings is 1. The molecule has 0 saturated heterocycles. The lowest BCUT2D eigenvalue weighted by molar-refractivity contribution is -0.147. The van der Waals surface area contributed by atoms with Crippen molar-refractivity contribution in [3.05, 3.63) is 23.8 Å². The van der Waals surface area contributed by atoms with Crippen molar-refractivity contribution in [2.45, 2.75) is 32.6 Å². The number of phenols is 1. The fraction of sp³-hybridized carbons (Fsp3) is 0.467. The van der Waals surface area contributed by atoms with Crippen molar-refractivity contribution in [1.29, 1.82) is 0 Å². The van der Waals surface area contributed by atoms with Crippen molar-refractivity contribution in [3.8, 4) is 5.75 Å². The minimum atomic E-state index is -0.906. The Morgan fingerprint density at radius 1 is 1.20 bits per heavy atom. The second-order valence-electron chi connectivity index (χ2n) is 5.33. The molecule has 2 rings (SSSR count). The zero-order valence-corrected chi connectivity index (χ0v) is 11.4. The molecule has 3 N–H and O–H groups in total. The number of rotatable bonds is 3. The summed E-state index contributed by atoms with van der Waals surface area (Å²) >= 11 is 0. The molecule has 0 heterocycles. The number of hydrogen-bond acceptors (Lipinski definition) is 3. The Labute approximate surface area is 117 Å². The van der Waals surface area contributed by atoms with Crippen LogP contribution in [0.4, 0.5) is 5.69 Å². The molecule has 108 valence electrons. The smallest absolute Gasteiger partial charge is 0.307 e. The van der Waals surface area contributed by atoms with Crippen LogP contribution in [0.1, 0.15) is 31.2 Å². The van der Waals surface area contributed by atoms with Crippen molar-refractivity contribution in [2.24, 2.45) is 11.8 Å². The molecule has 0 spiro atoms. The highest BCUT2D eigenvalue weighted by Gasteiger charge is 2.35. The highest BCUT2D eigenvalue weighted by molar-refractivity contribution is 5.95. The van der Waals surface area contributed by atoms with Crippen LogP contribution in [-0.4, -0.2) is 22.1 Å². The maximum Gasteiger partial charge on any atom is 0.307 e. The zero-order chi connectivity index (χ0) is 14.7. The highest BCUT2D eigenvalue weighted by Crippen LogP contribution is 2.31. The standard InChI is InChI=1S/C15H19NO4/c1-9-6-7-10(8-13(9)17)16-14(18)11-4-2-3-5-12(11)15(19)20/h6-8,11-12,17H,2-5H2,1H3,(H,16,18)(H,19,20). The van der Waals surface area contributed by atoms with Gasteiger partial charge in [-0.1, -0.05) is 18.9 Å². The maximum absolute atomic E-state index is 12.2. The van der Waals surface area contributed by atoms with Crippen molar-refractivity contribution in [2.75, 3.05) is 5.32 Å². The molecule has 0 radical (unpaired) electrons. The number of nitrogens with one attached hydrogen (secondary N) is 1. The first-order valence-electron chi connectivity index (χ1n) is 6.82. The zero-order valence-electron chi connectivity index (χ0n) is 11.4. The number of aryl methyl sites for hydroxylation is 1. The summed E-state index contributed by atoms with van der Waals surface area (Å²) in [6, 6.07) is 4.89. The molecule has 1 amide bonds. The van der Waals surface area contributed by atoms with Crippen LogP contribution < -0.4 is 5.32 Å². The van der Waals surface area contributed by atoms with Crippen LogP contribution in [-0.2, 0) is 9.59 Å². The number of hydrogen-bond donors (Lipinski definition) is 3. The fourth-order valence-corrected chi connectivity index (χ4v) is 2.66. The van der Waals surface area contributed by atoms with E-state index < -0.39 is 17.8 Å². The lowest BCUT2D eigenvalue weighted by Gasteiger charge is -2.27. The van der Waals surface area contributed by atoms with Crippen LogP contribution in [0.2, 0.25) is 0 Å². The summed E-state index contributed by atoms with van der Waals surface area (Å²) in [5, 5.41) is 21.5. The number of aliphatic carboxylic acids is 1. The van der Waals surface area contributed by atoms with Gasteiger partial charge in [-0.3, -0.25) is 9.59 Å². The van der Waals surface area contributed by atoms with E-state index in [1.165, 1.54) is 6.07 Å². The molecule has 2 unspecified atom stereocenters. The van der Waals surface area contributed by atoms with E-state index in [0.717, 1.165) is 18.4 Å². The monoisotopic (exact) mass is 277 g/mol. The van der Waals surface area contributed by atoms with Gasteiger partial charge in [0.15, 0.2) is 0 Å². The van der Waals surface area contributed by atoms with E-state index in [0.29, 0.717) is 18.5 Å². The number of amides is 1.